The number of hydrogen-bond acceptors (Lipinski definition) is 5. The SMILES string of the molecule is O=C(COC(=O)/C=C/c1ccsc1)N[C@@H](c1ccccc1)c1cccs1. The third-order valence-corrected chi connectivity index (χ3v) is 5.21. The van der Waals surface area contributed by atoms with E-state index < -0.39 is 5.97 Å². The van der Waals surface area contributed by atoms with Crippen molar-refractivity contribution in [2.24, 2.45) is 0 Å². The monoisotopic (exact) mass is 383 g/mol. The third kappa shape index (κ3) is 5.15. The Morgan fingerprint density at radius 3 is 2.62 bits per heavy atom. The molecule has 2 aromatic heterocycles. The van der Waals surface area contributed by atoms with Crippen molar-refractivity contribution in [3.63, 3.8) is 0 Å². The molecule has 132 valence electrons. The number of ether oxygens (including phenoxy) is 1. The highest BCUT2D eigenvalue weighted by molar-refractivity contribution is 7.10. The molecule has 0 saturated carbocycles. The number of hydrogen-bond donors (Lipinski definition) is 1. The van der Waals surface area contributed by atoms with E-state index in [0.717, 1.165) is 16.0 Å². The topological polar surface area (TPSA) is 55.4 Å². The molecule has 0 radical (unpaired) electrons. The number of carbonyl (C=O) groups is 2. The van der Waals surface area contributed by atoms with E-state index >= 15 is 0 Å². The van der Waals surface area contributed by atoms with Crippen LogP contribution >= 0.6 is 22.7 Å². The highest BCUT2D eigenvalue weighted by Gasteiger charge is 2.18. The van der Waals surface area contributed by atoms with Crippen LogP contribution in [-0.2, 0) is 14.3 Å². The smallest absolute Gasteiger partial charge is 0.331 e. The third-order valence-electron chi connectivity index (χ3n) is 3.57. The van der Waals surface area contributed by atoms with Crippen molar-refractivity contribution in [3.05, 3.63) is 86.8 Å². The standard InChI is InChI=1S/C20H17NO3S2/c22-18(13-24-19(23)9-8-15-10-12-25-14-15)21-20(17-7-4-11-26-17)16-5-2-1-3-6-16/h1-12,14,20H,13H2,(H,21,22)/b9-8+/t20-/m0/s1. The molecule has 0 unspecified atom stereocenters. The predicted molar refractivity (Wildman–Crippen MR) is 105 cm³/mol. The number of nitrogens with one attached hydrogen (secondary N) is 1. The van der Waals surface area contributed by atoms with Gasteiger partial charge in [-0.15, -0.1) is 11.3 Å². The summed E-state index contributed by atoms with van der Waals surface area (Å²) in [6.07, 6.45) is 2.98. The number of benzene rings is 1. The van der Waals surface area contributed by atoms with Gasteiger partial charge in [-0.05, 0) is 45.5 Å². The Kier molecular flexibility index (Phi) is 6.35. The second-order valence-electron chi connectivity index (χ2n) is 5.42. The minimum absolute atomic E-state index is 0.260. The lowest BCUT2D eigenvalue weighted by atomic mass is 10.1. The van der Waals surface area contributed by atoms with Crippen molar-refractivity contribution in [1.29, 1.82) is 0 Å². The lowest BCUT2D eigenvalue weighted by Crippen LogP contribution is -2.32. The molecule has 3 aromatic rings. The van der Waals surface area contributed by atoms with Crippen LogP contribution < -0.4 is 5.32 Å². The summed E-state index contributed by atoms with van der Waals surface area (Å²) in [5, 5.41) is 8.74. The zero-order valence-corrected chi connectivity index (χ0v) is 15.5. The van der Waals surface area contributed by atoms with Crippen LogP contribution in [0.1, 0.15) is 22.0 Å². The molecule has 26 heavy (non-hydrogen) atoms. The largest absolute Gasteiger partial charge is 0.452 e. The Morgan fingerprint density at radius 2 is 1.92 bits per heavy atom. The summed E-state index contributed by atoms with van der Waals surface area (Å²) in [6.45, 7) is -0.318. The Labute approximate surface area is 159 Å². The van der Waals surface area contributed by atoms with Gasteiger partial charge >= 0.3 is 5.97 Å². The van der Waals surface area contributed by atoms with Gasteiger partial charge in [-0.2, -0.15) is 11.3 Å². The Bertz CT molecular complexity index is 856. The molecule has 0 fully saturated rings. The lowest BCUT2D eigenvalue weighted by molar-refractivity contribution is -0.143. The molecule has 0 aliphatic rings. The number of thiophene rings is 2. The number of carbonyl (C=O) groups excluding carboxylic acids is 2. The van der Waals surface area contributed by atoms with E-state index in [0.29, 0.717) is 0 Å². The molecule has 0 bridgehead atoms. The maximum absolute atomic E-state index is 12.3. The molecule has 0 saturated heterocycles. The second kappa shape index (κ2) is 9.12. The second-order valence-corrected chi connectivity index (χ2v) is 7.18. The molecule has 1 amide bonds. The average molecular weight is 383 g/mol. The van der Waals surface area contributed by atoms with Crippen molar-refractivity contribution in [2.45, 2.75) is 6.04 Å². The van der Waals surface area contributed by atoms with Gasteiger partial charge in [0.2, 0.25) is 0 Å². The maximum Gasteiger partial charge on any atom is 0.331 e. The van der Waals surface area contributed by atoms with Crippen LogP contribution in [-0.4, -0.2) is 18.5 Å². The molecule has 1 atom stereocenters. The minimum Gasteiger partial charge on any atom is -0.452 e. The van der Waals surface area contributed by atoms with Crippen molar-refractivity contribution in [3.8, 4) is 0 Å². The summed E-state index contributed by atoms with van der Waals surface area (Å²) in [5.41, 5.74) is 1.91. The lowest BCUT2D eigenvalue weighted by Gasteiger charge is -2.18. The number of esters is 1. The van der Waals surface area contributed by atoms with E-state index in [1.807, 2.05) is 64.7 Å². The fourth-order valence-corrected chi connectivity index (χ4v) is 3.77. The van der Waals surface area contributed by atoms with Gasteiger partial charge in [0.25, 0.3) is 5.91 Å². The van der Waals surface area contributed by atoms with Gasteiger partial charge in [0.05, 0.1) is 6.04 Å². The molecule has 0 spiro atoms. The number of rotatable bonds is 7. The molecule has 6 heteroatoms. The fourth-order valence-electron chi connectivity index (χ4n) is 2.34. The average Bonchev–Trinajstić information content (AvgIpc) is 3.37. The Morgan fingerprint density at radius 1 is 1.08 bits per heavy atom. The molecule has 1 aromatic carbocycles. The molecule has 0 aliphatic heterocycles. The Balaban J connectivity index is 1.57. The fraction of sp³-hybridized carbons (Fsp3) is 0.100. The van der Waals surface area contributed by atoms with Gasteiger partial charge in [-0.1, -0.05) is 36.4 Å². The van der Waals surface area contributed by atoms with Crippen LogP contribution in [0.4, 0.5) is 0 Å². The molecular weight excluding hydrogens is 366 g/mol. The maximum atomic E-state index is 12.3. The predicted octanol–water partition coefficient (Wildman–Crippen LogP) is 4.27. The summed E-state index contributed by atoms with van der Waals surface area (Å²) in [6, 6.07) is 15.2. The molecule has 0 aliphatic carbocycles. The van der Waals surface area contributed by atoms with Crippen LogP contribution in [0.3, 0.4) is 0 Å². The van der Waals surface area contributed by atoms with E-state index in [-0.39, 0.29) is 18.6 Å². The van der Waals surface area contributed by atoms with Gasteiger partial charge in [0.15, 0.2) is 6.61 Å². The minimum atomic E-state index is -0.543. The van der Waals surface area contributed by atoms with Crippen LogP contribution in [0.5, 0.6) is 0 Å². The first-order chi connectivity index (χ1) is 12.7. The normalized spacial score (nSPS) is 12.0. The van der Waals surface area contributed by atoms with Gasteiger partial charge in [0.1, 0.15) is 0 Å². The molecule has 2 heterocycles. The summed E-state index contributed by atoms with van der Waals surface area (Å²) >= 11 is 3.11. The van der Waals surface area contributed by atoms with E-state index in [4.69, 9.17) is 4.74 Å². The molecular formula is C20H17NO3S2. The summed E-state index contributed by atoms with van der Waals surface area (Å²) in [4.78, 5) is 25.0. The van der Waals surface area contributed by atoms with Crippen molar-refractivity contribution in [1.82, 2.24) is 5.32 Å². The van der Waals surface area contributed by atoms with Crippen LogP contribution in [0.15, 0.2) is 70.7 Å². The van der Waals surface area contributed by atoms with Gasteiger partial charge in [0, 0.05) is 11.0 Å². The van der Waals surface area contributed by atoms with Gasteiger partial charge in [-0.25, -0.2) is 4.79 Å². The molecule has 4 nitrogen and oxygen atoms in total. The Hall–Kier alpha value is -2.70. The van der Waals surface area contributed by atoms with E-state index in [9.17, 15) is 9.59 Å². The van der Waals surface area contributed by atoms with Gasteiger partial charge in [-0.3, -0.25) is 4.79 Å². The van der Waals surface area contributed by atoms with Crippen LogP contribution in [0, 0.1) is 0 Å². The van der Waals surface area contributed by atoms with Crippen molar-refractivity contribution < 1.29 is 14.3 Å². The van der Waals surface area contributed by atoms with E-state index in [1.165, 1.54) is 6.08 Å². The zero-order valence-electron chi connectivity index (χ0n) is 13.8. The van der Waals surface area contributed by atoms with Gasteiger partial charge < -0.3 is 10.1 Å². The summed E-state index contributed by atoms with van der Waals surface area (Å²) < 4.78 is 5.03. The first-order valence-electron chi connectivity index (χ1n) is 7.97. The highest BCUT2D eigenvalue weighted by Crippen LogP contribution is 2.25. The summed E-state index contributed by atoms with van der Waals surface area (Å²) in [7, 11) is 0. The zero-order chi connectivity index (χ0) is 18.2. The van der Waals surface area contributed by atoms with Crippen molar-refractivity contribution >= 4 is 40.6 Å². The van der Waals surface area contributed by atoms with Crippen LogP contribution in [0.25, 0.3) is 6.08 Å². The quantitative estimate of drug-likeness (QED) is 0.490. The molecule has 3 rings (SSSR count). The number of amides is 1. The molecule has 1 N–H and O–H groups in total. The highest BCUT2D eigenvalue weighted by atomic mass is 32.1. The first kappa shape index (κ1) is 18.1. The first-order valence-corrected chi connectivity index (χ1v) is 9.79. The van der Waals surface area contributed by atoms with E-state index in [2.05, 4.69) is 5.32 Å². The van der Waals surface area contributed by atoms with E-state index in [1.54, 1.807) is 28.7 Å². The van der Waals surface area contributed by atoms with Crippen LogP contribution in [0.2, 0.25) is 0 Å². The van der Waals surface area contributed by atoms with Crippen molar-refractivity contribution in [2.75, 3.05) is 6.61 Å². The summed E-state index contributed by atoms with van der Waals surface area (Å²) in [5.74, 6) is -0.886.